The highest BCUT2D eigenvalue weighted by Crippen LogP contribution is 2.27. The first-order chi connectivity index (χ1) is 11.1. The number of hydrogen-bond donors (Lipinski definition) is 0. The molecule has 0 bridgehead atoms. The summed E-state index contributed by atoms with van der Waals surface area (Å²) in [6.45, 7) is 8.67. The van der Waals surface area contributed by atoms with Gasteiger partial charge in [0.25, 0.3) is 5.56 Å². The van der Waals surface area contributed by atoms with Gasteiger partial charge in [0.2, 0.25) is 0 Å². The van der Waals surface area contributed by atoms with Crippen molar-refractivity contribution in [3.63, 3.8) is 0 Å². The number of aryl methyl sites for hydroxylation is 2. The second kappa shape index (κ2) is 7.58. The van der Waals surface area contributed by atoms with Crippen molar-refractivity contribution in [2.24, 2.45) is 7.05 Å². The molecule has 23 heavy (non-hydrogen) atoms. The Morgan fingerprint density at radius 3 is 2.83 bits per heavy atom. The molecule has 2 aromatic heterocycles. The van der Waals surface area contributed by atoms with Crippen molar-refractivity contribution in [3.8, 4) is 11.1 Å². The van der Waals surface area contributed by atoms with E-state index in [1.165, 1.54) is 0 Å². The Morgan fingerprint density at radius 2 is 2.13 bits per heavy atom. The number of nitrogens with zero attached hydrogens (tertiary/aromatic N) is 3. The Hall–Kier alpha value is -2.62. The predicted molar refractivity (Wildman–Crippen MR) is 96.2 cm³/mol. The Bertz CT molecular complexity index is 806. The lowest BCUT2D eigenvalue weighted by atomic mass is 9.99. The van der Waals surface area contributed by atoms with Gasteiger partial charge in [-0.3, -0.25) is 9.48 Å². The molecule has 0 fully saturated rings. The van der Waals surface area contributed by atoms with Crippen molar-refractivity contribution in [2.75, 3.05) is 0 Å². The lowest BCUT2D eigenvalue weighted by Crippen LogP contribution is -2.16. The molecule has 2 aromatic rings. The predicted octanol–water partition coefficient (Wildman–Crippen LogP) is 3.80. The number of rotatable bonds is 6. The van der Waals surface area contributed by atoms with E-state index >= 15 is 0 Å². The zero-order valence-electron chi connectivity index (χ0n) is 14.0. The van der Waals surface area contributed by atoms with Crippen molar-refractivity contribution in [3.05, 3.63) is 71.5 Å². The fourth-order valence-electron chi connectivity index (χ4n) is 2.41. The minimum atomic E-state index is -0.0230. The minimum absolute atomic E-state index is 0.0230. The molecule has 0 saturated carbocycles. The number of pyridine rings is 1. The van der Waals surface area contributed by atoms with Crippen LogP contribution in [0.5, 0.6) is 0 Å². The summed E-state index contributed by atoms with van der Waals surface area (Å²) in [4.78, 5) is 12.0. The minimum Gasteiger partial charge on any atom is -0.318 e. The molecule has 0 saturated heterocycles. The second-order valence-corrected chi connectivity index (χ2v) is 5.51. The standard InChI is InChI=1S/C19H23N3O/c1-5-7-8-9-15(3)17-11-19(23)21(4)14-18(17)16-12-20-22(13-16)10-6-2/h5,7-9,11-14H,1,6,10H2,2-4H3/b8-7-,15-9+. The highest BCUT2D eigenvalue weighted by molar-refractivity contribution is 5.80. The van der Waals surface area contributed by atoms with Gasteiger partial charge in [0, 0.05) is 43.2 Å². The van der Waals surface area contributed by atoms with Gasteiger partial charge >= 0.3 is 0 Å². The van der Waals surface area contributed by atoms with Crippen LogP contribution in [0.3, 0.4) is 0 Å². The average molecular weight is 309 g/mol. The Balaban J connectivity index is 2.54. The monoisotopic (exact) mass is 309 g/mol. The normalized spacial score (nSPS) is 12.0. The molecule has 4 heteroatoms. The molecule has 0 aromatic carbocycles. The van der Waals surface area contributed by atoms with E-state index in [4.69, 9.17) is 0 Å². The van der Waals surface area contributed by atoms with Gasteiger partial charge in [0.1, 0.15) is 0 Å². The molecule has 0 atom stereocenters. The first-order valence-corrected chi connectivity index (χ1v) is 7.76. The zero-order valence-corrected chi connectivity index (χ0v) is 14.0. The molecule has 120 valence electrons. The summed E-state index contributed by atoms with van der Waals surface area (Å²) in [7, 11) is 1.77. The fraction of sp³-hybridized carbons (Fsp3) is 0.263. The van der Waals surface area contributed by atoms with E-state index in [2.05, 4.69) is 18.6 Å². The van der Waals surface area contributed by atoms with Crippen LogP contribution in [0.4, 0.5) is 0 Å². The highest BCUT2D eigenvalue weighted by Gasteiger charge is 2.11. The van der Waals surface area contributed by atoms with Gasteiger partial charge in [-0.05, 0) is 24.5 Å². The van der Waals surface area contributed by atoms with Crippen LogP contribution in [0.15, 0.2) is 60.3 Å². The summed E-state index contributed by atoms with van der Waals surface area (Å²) in [6, 6.07) is 1.68. The fourth-order valence-corrected chi connectivity index (χ4v) is 2.41. The van der Waals surface area contributed by atoms with E-state index in [-0.39, 0.29) is 5.56 Å². The molecule has 0 amide bonds. The summed E-state index contributed by atoms with van der Waals surface area (Å²) in [5.41, 5.74) is 3.96. The Kier molecular flexibility index (Phi) is 5.52. The van der Waals surface area contributed by atoms with Crippen LogP contribution in [-0.2, 0) is 13.6 Å². The SMILES string of the molecule is C=C/C=C\C=C(/C)c1cc(=O)n(C)cc1-c1cnn(CCC)c1. The van der Waals surface area contributed by atoms with E-state index in [1.807, 2.05) is 48.4 Å². The van der Waals surface area contributed by atoms with Crippen molar-refractivity contribution in [2.45, 2.75) is 26.8 Å². The Morgan fingerprint density at radius 1 is 1.35 bits per heavy atom. The van der Waals surface area contributed by atoms with E-state index in [0.29, 0.717) is 0 Å². The van der Waals surface area contributed by atoms with E-state index in [9.17, 15) is 4.79 Å². The Labute approximate surface area is 137 Å². The smallest absolute Gasteiger partial charge is 0.250 e. The maximum absolute atomic E-state index is 12.0. The van der Waals surface area contributed by atoms with Crippen LogP contribution in [0.1, 0.15) is 25.8 Å². The number of aromatic nitrogens is 3. The summed E-state index contributed by atoms with van der Waals surface area (Å²) >= 11 is 0. The van der Waals surface area contributed by atoms with Crippen molar-refractivity contribution < 1.29 is 0 Å². The second-order valence-electron chi connectivity index (χ2n) is 5.51. The average Bonchev–Trinajstić information content (AvgIpc) is 2.98. The lowest BCUT2D eigenvalue weighted by Gasteiger charge is -2.10. The number of allylic oxidation sites excluding steroid dienone is 5. The van der Waals surface area contributed by atoms with Crippen LogP contribution >= 0.6 is 0 Å². The molecule has 0 radical (unpaired) electrons. The van der Waals surface area contributed by atoms with Gasteiger partial charge < -0.3 is 4.57 Å². The zero-order chi connectivity index (χ0) is 16.8. The topological polar surface area (TPSA) is 39.8 Å². The molecule has 0 unspecified atom stereocenters. The van der Waals surface area contributed by atoms with E-state index in [1.54, 1.807) is 23.8 Å². The summed E-state index contributed by atoms with van der Waals surface area (Å²) in [6.07, 6.45) is 14.3. The molecule has 0 spiro atoms. The molecule has 4 nitrogen and oxygen atoms in total. The van der Waals surface area contributed by atoms with Crippen molar-refractivity contribution in [1.82, 2.24) is 14.3 Å². The summed E-state index contributed by atoms with van der Waals surface area (Å²) in [5.74, 6) is 0. The molecule has 0 aliphatic heterocycles. The lowest BCUT2D eigenvalue weighted by molar-refractivity contribution is 0.603. The third kappa shape index (κ3) is 3.97. The molecule has 0 aliphatic carbocycles. The molecule has 2 heterocycles. The van der Waals surface area contributed by atoms with E-state index in [0.717, 1.165) is 35.2 Å². The van der Waals surface area contributed by atoms with Gasteiger partial charge in [-0.25, -0.2) is 0 Å². The van der Waals surface area contributed by atoms with Gasteiger partial charge in [-0.15, -0.1) is 0 Å². The summed E-state index contributed by atoms with van der Waals surface area (Å²) < 4.78 is 3.53. The van der Waals surface area contributed by atoms with Gasteiger partial charge in [-0.1, -0.05) is 37.8 Å². The van der Waals surface area contributed by atoms with E-state index < -0.39 is 0 Å². The maximum Gasteiger partial charge on any atom is 0.250 e. The molecule has 0 N–H and O–H groups in total. The van der Waals surface area contributed by atoms with Crippen LogP contribution in [0, 0.1) is 0 Å². The third-order valence-corrected chi connectivity index (χ3v) is 3.64. The highest BCUT2D eigenvalue weighted by atomic mass is 16.1. The molecular formula is C19H23N3O. The van der Waals surface area contributed by atoms with Crippen LogP contribution < -0.4 is 5.56 Å². The van der Waals surface area contributed by atoms with Gasteiger partial charge in [0.05, 0.1) is 6.20 Å². The van der Waals surface area contributed by atoms with Crippen LogP contribution in [0.2, 0.25) is 0 Å². The molecule has 0 aliphatic rings. The first kappa shape index (κ1) is 16.7. The molecule has 2 rings (SSSR count). The third-order valence-electron chi connectivity index (χ3n) is 3.64. The molecular weight excluding hydrogens is 286 g/mol. The number of hydrogen-bond acceptors (Lipinski definition) is 2. The maximum atomic E-state index is 12.0. The summed E-state index contributed by atoms with van der Waals surface area (Å²) in [5, 5.41) is 4.39. The van der Waals surface area contributed by atoms with Crippen molar-refractivity contribution in [1.29, 1.82) is 0 Å². The van der Waals surface area contributed by atoms with Crippen LogP contribution in [-0.4, -0.2) is 14.3 Å². The largest absolute Gasteiger partial charge is 0.318 e. The van der Waals surface area contributed by atoms with Crippen molar-refractivity contribution >= 4 is 5.57 Å². The quantitative estimate of drug-likeness (QED) is 0.761. The van der Waals surface area contributed by atoms with Gasteiger partial charge in [-0.2, -0.15) is 5.10 Å². The van der Waals surface area contributed by atoms with Gasteiger partial charge in [0.15, 0.2) is 0 Å². The van der Waals surface area contributed by atoms with Crippen LogP contribution in [0.25, 0.3) is 16.7 Å². The first-order valence-electron chi connectivity index (χ1n) is 7.76.